The maximum Gasteiger partial charge on any atom is 0.251 e. The maximum atomic E-state index is 12.1. The summed E-state index contributed by atoms with van der Waals surface area (Å²) in [4.78, 5) is 12.1. The number of carbonyl (C=O) groups is 1. The first-order valence-corrected chi connectivity index (χ1v) is 8.34. The van der Waals surface area contributed by atoms with Crippen LogP contribution in [0.15, 0.2) is 59.8 Å². The van der Waals surface area contributed by atoms with Crippen LogP contribution in [0.25, 0.3) is 0 Å². The van der Waals surface area contributed by atoms with E-state index in [2.05, 4.69) is 12.2 Å². The summed E-state index contributed by atoms with van der Waals surface area (Å²) in [6.07, 6.45) is 3.32. The smallest absolute Gasteiger partial charge is 0.251 e. The van der Waals surface area contributed by atoms with Gasteiger partial charge in [-0.05, 0) is 29.8 Å². The van der Waals surface area contributed by atoms with Crippen molar-refractivity contribution in [3.05, 3.63) is 65.5 Å². The molecule has 0 aliphatic carbocycles. The normalized spacial score (nSPS) is 11.9. The molecule has 0 fully saturated rings. The molecule has 0 saturated heterocycles. The van der Waals surface area contributed by atoms with Crippen molar-refractivity contribution in [1.82, 2.24) is 5.32 Å². The maximum absolute atomic E-state index is 12.1. The monoisotopic (exact) mass is 316 g/mol. The first kappa shape index (κ1) is 16.4. The summed E-state index contributed by atoms with van der Waals surface area (Å²) in [5.41, 5.74) is 1.11. The third kappa shape index (κ3) is 4.77. The molecule has 116 valence electrons. The van der Waals surface area contributed by atoms with Gasteiger partial charge < -0.3 is 10.5 Å². The standard InChI is InChI=1S/C17H20N2O2S/c1-2-8-15(14-9-4-3-5-10-14)18-16(20)13-22-17-11-6-7-12-19(17)21/h3-7,9-12,15H,2,8,13H2,1H3,(H,18,20)/t15-/m0/s1. The molecule has 0 aliphatic heterocycles. The van der Waals surface area contributed by atoms with E-state index in [1.807, 2.05) is 30.3 Å². The Bertz CT molecular complexity index is 605. The molecule has 22 heavy (non-hydrogen) atoms. The highest BCUT2D eigenvalue weighted by molar-refractivity contribution is 7.99. The van der Waals surface area contributed by atoms with Crippen LogP contribution in [0.1, 0.15) is 31.4 Å². The Morgan fingerprint density at radius 1 is 1.23 bits per heavy atom. The minimum absolute atomic E-state index is 0.0226. The van der Waals surface area contributed by atoms with Gasteiger partial charge >= 0.3 is 0 Å². The van der Waals surface area contributed by atoms with Crippen LogP contribution in [0.5, 0.6) is 0 Å². The second-order valence-electron chi connectivity index (χ2n) is 4.97. The number of nitrogens with one attached hydrogen (secondary N) is 1. The Hall–Kier alpha value is -2.01. The number of thioether (sulfide) groups is 1. The molecule has 0 unspecified atom stereocenters. The third-order valence-electron chi connectivity index (χ3n) is 3.25. The van der Waals surface area contributed by atoms with Crippen LogP contribution in [-0.2, 0) is 4.79 Å². The van der Waals surface area contributed by atoms with Gasteiger partial charge in [-0.3, -0.25) is 4.79 Å². The number of carbonyl (C=O) groups excluding carboxylic acids is 1. The van der Waals surface area contributed by atoms with Crippen molar-refractivity contribution in [2.75, 3.05) is 5.75 Å². The minimum Gasteiger partial charge on any atom is -0.618 e. The van der Waals surface area contributed by atoms with Crippen molar-refractivity contribution in [3.63, 3.8) is 0 Å². The number of pyridine rings is 1. The van der Waals surface area contributed by atoms with E-state index in [-0.39, 0.29) is 17.7 Å². The molecule has 1 N–H and O–H groups in total. The zero-order chi connectivity index (χ0) is 15.8. The van der Waals surface area contributed by atoms with E-state index in [9.17, 15) is 10.0 Å². The first-order valence-electron chi connectivity index (χ1n) is 7.36. The summed E-state index contributed by atoms with van der Waals surface area (Å²) in [5.74, 6) is 0.176. The van der Waals surface area contributed by atoms with Crippen molar-refractivity contribution in [3.8, 4) is 0 Å². The minimum atomic E-state index is -0.0591. The Labute approximate surface area is 135 Å². The quantitative estimate of drug-likeness (QED) is 0.485. The summed E-state index contributed by atoms with van der Waals surface area (Å²) in [5, 5.41) is 15.1. The molecule has 0 aliphatic rings. The van der Waals surface area contributed by atoms with Gasteiger partial charge in [0.1, 0.15) is 0 Å². The van der Waals surface area contributed by atoms with Gasteiger partial charge in [-0.25, -0.2) is 0 Å². The Morgan fingerprint density at radius 2 is 1.95 bits per heavy atom. The van der Waals surface area contributed by atoms with Gasteiger partial charge in [0, 0.05) is 12.1 Å². The van der Waals surface area contributed by atoms with E-state index in [0.717, 1.165) is 23.1 Å². The molecule has 1 atom stereocenters. The topological polar surface area (TPSA) is 56.0 Å². The summed E-state index contributed by atoms with van der Waals surface area (Å²) in [6.45, 7) is 2.10. The number of benzene rings is 1. The van der Waals surface area contributed by atoms with Crippen molar-refractivity contribution in [1.29, 1.82) is 0 Å². The molecule has 2 rings (SSSR count). The Balaban J connectivity index is 1.93. The lowest BCUT2D eigenvalue weighted by Gasteiger charge is -2.18. The molecular weight excluding hydrogens is 296 g/mol. The zero-order valence-corrected chi connectivity index (χ0v) is 13.4. The second-order valence-corrected chi connectivity index (χ2v) is 5.97. The molecule has 1 amide bonds. The second kappa shape index (κ2) is 8.44. The highest BCUT2D eigenvalue weighted by atomic mass is 32.2. The van der Waals surface area contributed by atoms with Crippen LogP contribution in [0.2, 0.25) is 0 Å². The van der Waals surface area contributed by atoms with E-state index in [1.54, 1.807) is 18.2 Å². The van der Waals surface area contributed by atoms with E-state index in [4.69, 9.17) is 0 Å². The fraction of sp³-hybridized carbons (Fsp3) is 0.294. The van der Waals surface area contributed by atoms with Gasteiger partial charge in [-0.1, -0.05) is 43.7 Å². The molecule has 0 spiro atoms. The molecule has 0 saturated carbocycles. The van der Waals surface area contributed by atoms with E-state index in [1.165, 1.54) is 18.0 Å². The number of hydrogen-bond donors (Lipinski definition) is 1. The van der Waals surface area contributed by atoms with Crippen LogP contribution in [0, 0.1) is 5.21 Å². The Morgan fingerprint density at radius 3 is 2.64 bits per heavy atom. The van der Waals surface area contributed by atoms with E-state index < -0.39 is 0 Å². The fourth-order valence-electron chi connectivity index (χ4n) is 2.20. The van der Waals surface area contributed by atoms with Gasteiger partial charge in [-0.15, -0.1) is 0 Å². The van der Waals surface area contributed by atoms with Crippen molar-refractivity contribution in [2.24, 2.45) is 0 Å². The molecule has 0 bridgehead atoms. The van der Waals surface area contributed by atoms with Crippen molar-refractivity contribution in [2.45, 2.75) is 30.8 Å². The van der Waals surface area contributed by atoms with Crippen LogP contribution in [0.3, 0.4) is 0 Å². The molecule has 4 nitrogen and oxygen atoms in total. The van der Waals surface area contributed by atoms with Gasteiger partial charge in [0.2, 0.25) is 5.91 Å². The van der Waals surface area contributed by atoms with Gasteiger partial charge in [0.25, 0.3) is 5.03 Å². The van der Waals surface area contributed by atoms with E-state index >= 15 is 0 Å². The number of hydrogen-bond acceptors (Lipinski definition) is 3. The summed E-state index contributed by atoms with van der Waals surface area (Å²) >= 11 is 1.25. The number of nitrogens with zero attached hydrogens (tertiary/aromatic N) is 1. The molecule has 2 aromatic rings. The van der Waals surface area contributed by atoms with Crippen LogP contribution >= 0.6 is 11.8 Å². The number of rotatable bonds is 7. The van der Waals surface area contributed by atoms with Gasteiger partial charge in [0.15, 0.2) is 6.20 Å². The summed E-state index contributed by atoms with van der Waals surface area (Å²) in [6, 6.07) is 15.2. The molecule has 0 radical (unpaired) electrons. The van der Waals surface area contributed by atoms with Crippen LogP contribution in [0.4, 0.5) is 0 Å². The van der Waals surface area contributed by atoms with E-state index in [0.29, 0.717) is 5.03 Å². The number of aromatic nitrogens is 1. The van der Waals surface area contributed by atoms with Crippen LogP contribution < -0.4 is 10.0 Å². The highest BCUT2D eigenvalue weighted by Crippen LogP contribution is 2.19. The molecule has 1 aromatic heterocycles. The zero-order valence-electron chi connectivity index (χ0n) is 12.6. The molecule has 5 heteroatoms. The fourth-order valence-corrected chi connectivity index (χ4v) is 2.92. The van der Waals surface area contributed by atoms with Gasteiger partial charge in [0.05, 0.1) is 11.8 Å². The van der Waals surface area contributed by atoms with Crippen LogP contribution in [-0.4, -0.2) is 11.7 Å². The molecule has 1 aromatic carbocycles. The lowest BCUT2D eigenvalue weighted by molar-refractivity contribution is -0.645. The summed E-state index contributed by atoms with van der Waals surface area (Å²) < 4.78 is 0.776. The predicted molar refractivity (Wildman–Crippen MR) is 88.4 cm³/mol. The van der Waals surface area contributed by atoms with Gasteiger partial charge in [-0.2, -0.15) is 4.73 Å². The highest BCUT2D eigenvalue weighted by Gasteiger charge is 2.15. The lowest BCUT2D eigenvalue weighted by Crippen LogP contribution is -2.32. The largest absolute Gasteiger partial charge is 0.618 e. The molecular formula is C17H20N2O2S. The molecule has 1 heterocycles. The average molecular weight is 316 g/mol. The average Bonchev–Trinajstić information content (AvgIpc) is 2.54. The SMILES string of the molecule is CCC[C@H](NC(=O)CSc1cccc[n+]1[O-])c1ccccc1. The summed E-state index contributed by atoms with van der Waals surface area (Å²) in [7, 11) is 0. The third-order valence-corrected chi connectivity index (χ3v) is 4.27. The first-order chi connectivity index (χ1) is 10.7. The lowest BCUT2D eigenvalue weighted by atomic mass is 10.0. The number of amides is 1. The predicted octanol–water partition coefficient (Wildman–Crippen LogP) is 3.07. The van der Waals surface area contributed by atoms with Crippen molar-refractivity contribution < 1.29 is 9.52 Å². The Kier molecular flexibility index (Phi) is 6.27. The van der Waals surface area contributed by atoms with Crippen molar-refractivity contribution >= 4 is 17.7 Å².